The van der Waals surface area contributed by atoms with Gasteiger partial charge in [-0.25, -0.2) is 4.79 Å². The van der Waals surface area contributed by atoms with Crippen molar-refractivity contribution in [1.29, 1.82) is 0 Å². The molecule has 2 N–H and O–H groups in total. The number of aromatic hydroxyl groups is 1. The lowest BCUT2D eigenvalue weighted by molar-refractivity contribution is -0.184. The molecule has 13 heteroatoms. The van der Waals surface area contributed by atoms with Gasteiger partial charge in [-0.1, -0.05) is 6.07 Å². The number of piperazine rings is 1. The Labute approximate surface area is 251 Å². The Kier molecular flexibility index (Phi) is 6.58. The number of likely N-dealkylation sites (N-methyl/N-ethyl adjacent to an activating group) is 1. The first-order valence-corrected chi connectivity index (χ1v) is 15.1. The molecule has 2 fully saturated rings. The van der Waals surface area contributed by atoms with Crippen molar-refractivity contribution in [3.8, 4) is 28.7 Å². The highest BCUT2D eigenvalue weighted by molar-refractivity contribution is 8.00. The van der Waals surface area contributed by atoms with E-state index in [2.05, 4.69) is 4.90 Å². The van der Waals surface area contributed by atoms with Gasteiger partial charge in [0.05, 0.1) is 36.2 Å². The number of cyclic esters (lactones) is 1. The second-order valence-electron chi connectivity index (χ2n) is 11.6. The molecular weight excluding hydrogens is 580 g/mol. The zero-order valence-corrected chi connectivity index (χ0v) is 25.1. The predicted molar refractivity (Wildman–Crippen MR) is 152 cm³/mol. The number of nitrogens with zero attached hydrogens (tertiary/aromatic N) is 2. The van der Waals surface area contributed by atoms with Gasteiger partial charge in [-0.2, -0.15) is 0 Å². The largest absolute Gasteiger partial charge is 0.504 e. The second-order valence-corrected chi connectivity index (χ2v) is 12.7. The molecule has 5 aliphatic rings. The summed E-state index contributed by atoms with van der Waals surface area (Å²) in [6, 6.07) is -0.238. The molecule has 1 unspecified atom stereocenters. The van der Waals surface area contributed by atoms with E-state index in [9.17, 15) is 24.6 Å². The van der Waals surface area contributed by atoms with Gasteiger partial charge >= 0.3 is 11.9 Å². The fraction of sp³-hybridized carbons (Fsp3) is 0.500. The van der Waals surface area contributed by atoms with Crippen molar-refractivity contribution in [2.45, 2.75) is 62.8 Å². The molecule has 5 heterocycles. The van der Waals surface area contributed by atoms with Crippen LogP contribution in [0.15, 0.2) is 6.07 Å². The number of aryl methyl sites for hydroxylation is 1. The van der Waals surface area contributed by atoms with E-state index >= 15 is 0 Å². The number of carbonyl (C=O) groups excluding carboxylic acids is 3. The molecule has 2 aromatic carbocycles. The van der Waals surface area contributed by atoms with Gasteiger partial charge in [-0.3, -0.25) is 19.4 Å². The number of thioether (sulfide) groups is 1. The highest BCUT2D eigenvalue weighted by atomic mass is 32.2. The van der Waals surface area contributed by atoms with Gasteiger partial charge in [0.1, 0.15) is 18.6 Å². The number of aliphatic hydroxyl groups is 1. The van der Waals surface area contributed by atoms with Crippen LogP contribution in [0.2, 0.25) is 0 Å². The van der Waals surface area contributed by atoms with Gasteiger partial charge in [0, 0.05) is 35.2 Å². The van der Waals surface area contributed by atoms with Crippen molar-refractivity contribution in [2.24, 2.45) is 0 Å². The standard InChI is InChI=1S/C30H32N2O10S/c1-11-6-14-7-15-29(36)32-16-8-39-30(37)17(34)9-43-28(22(32)21(31(15)4)18(14)23(35)24(11)38-5)20-19(16)27-26(40-10-41-27)12(2)25(20)42-13(3)33/h6,15-16,21-22,28-29,35-36H,7-10H2,1-5H3/t15-,16-,21+,22?,28+,29-/m0/s1. The lowest BCUT2D eigenvalue weighted by Crippen LogP contribution is -2.69. The van der Waals surface area contributed by atoms with E-state index in [0.29, 0.717) is 45.9 Å². The number of esters is 2. The van der Waals surface area contributed by atoms with E-state index in [1.165, 1.54) is 25.8 Å². The van der Waals surface area contributed by atoms with Crippen LogP contribution in [0, 0.1) is 13.8 Å². The summed E-state index contributed by atoms with van der Waals surface area (Å²) < 4.78 is 28.9. The Morgan fingerprint density at radius 1 is 1.09 bits per heavy atom. The minimum Gasteiger partial charge on any atom is -0.504 e. The Morgan fingerprint density at radius 3 is 2.56 bits per heavy atom. The maximum atomic E-state index is 12.9. The SMILES string of the molecule is COc1c(C)cc2c(c1O)[C@@H]1C3[C@@H]4SCC(=O)C(=O)OC[C@@H](c5c6c(c(C)c(OC(C)=O)c54)OCO6)N3[C@@H](O)[C@H](C2)N1C. The molecule has 2 aromatic rings. The maximum absolute atomic E-state index is 12.9. The van der Waals surface area contributed by atoms with Crippen LogP contribution in [-0.4, -0.2) is 89.4 Å². The Bertz CT molecular complexity index is 1590. The van der Waals surface area contributed by atoms with Crippen molar-refractivity contribution in [3.63, 3.8) is 0 Å². The average molecular weight is 613 g/mol. The van der Waals surface area contributed by atoms with Crippen LogP contribution in [0.1, 0.15) is 57.6 Å². The van der Waals surface area contributed by atoms with Gasteiger partial charge in [-0.15, -0.1) is 11.8 Å². The molecule has 0 aromatic heterocycles. The van der Waals surface area contributed by atoms with Crippen molar-refractivity contribution >= 4 is 29.5 Å². The number of rotatable bonds is 2. The third-order valence-electron chi connectivity index (χ3n) is 9.37. The third-order valence-corrected chi connectivity index (χ3v) is 10.7. The van der Waals surface area contributed by atoms with Gasteiger partial charge in [0.25, 0.3) is 0 Å². The first-order valence-electron chi connectivity index (χ1n) is 14.1. The first kappa shape index (κ1) is 28.3. The molecule has 228 valence electrons. The topological polar surface area (TPSA) is 144 Å². The van der Waals surface area contributed by atoms with Crippen LogP contribution in [0.5, 0.6) is 28.7 Å². The Hall–Kier alpha value is -3.52. The molecule has 2 saturated heterocycles. The summed E-state index contributed by atoms with van der Waals surface area (Å²) in [7, 11) is 3.42. The number of Topliss-reactive ketones (excluding diaryl/α,β-unsaturated/α-hetero) is 1. The summed E-state index contributed by atoms with van der Waals surface area (Å²) in [6.45, 7) is 4.63. The number of carbonyl (C=O) groups is 3. The Morgan fingerprint density at radius 2 is 1.84 bits per heavy atom. The van der Waals surface area contributed by atoms with E-state index in [1.54, 1.807) is 6.92 Å². The normalized spacial score (nSPS) is 29.3. The number of ether oxygens (including phenoxy) is 5. The molecule has 4 bridgehead atoms. The van der Waals surface area contributed by atoms with E-state index in [-0.39, 0.29) is 36.7 Å². The van der Waals surface area contributed by atoms with Crippen LogP contribution < -0.4 is 18.9 Å². The number of aliphatic hydroxyl groups excluding tert-OH is 1. The maximum Gasteiger partial charge on any atom is 0.375 e. The van der Waals surface area contributed by atoms with Crippen LogP contribution >= 0.6 is 11.8 Å². The highest BCUT2D eigenvalue weighted by Gasteiger charge is 2.60. The van der Waals surface area contributed by atoms with Gasteiger partial charge in [0.15, 0.2) is 23.0 Å². The van der Waals surface area contributed by atoms with E-state index in [1.807, 2.05) is 24.9 Å². The lowest BCUT2D eigenvalue weighted by Gasteiger charge is -2.61. The first-order chi connectivity index (χ1) is 20.5. The third kappa shape index (κ3) is 3.91. The molecule has 7 rings (SSSR count). The van der Waals surface area contributed by atoms with E-state index in [0.717, 1.165) is 11.1 Å². The molecule has 0 spiro atoms. The highest BCUT2D eigenvalue weighted by Crippen LogP contribution is 2.63. The fourth-order valence-electron chi connectivity index (χ4n) is 7.71. The number of hydrogen-bond acceptors (Lipinski definition) is 13. The zero-order valence-electron chi connectivity index (χ0n) is 24.3. The summed E-state index contributed by atoms with van der Waals surface area (Å²) in [5, 5.41) is 23.2. The lowest BCUT2D eigenvalue weighted by atomic mass is 9.73. The van der Waals surface area contributed by atoms with Gasteiger partial charge < -0.3 is 33.9 Å². The molecule has 12 nitrogen and oxygen atoms in total. The van der Waals surface area contributed by atoms with E-state index < -0.39 is 47.3 Å². The Balaban J connectivity index is 1.55. The summed E-state index contributed by atoms with van der Waals surface area (Å²) >= 11 is 1.21. The molecule has 0 saturated carbocycles. The minimum atomic E-state index is -1.03. The zero-order chi connectivity index (χ0) is 30.5. The van der Waals surface area contributed by atoms with Crippen LogP contribution in [-0.2, 0) is 25.5 Å². The number of benzene rings is 2. The molecule has 0 amide bonds. The number of hydrogen-bond donors (Lipinski definition) is 2. The predicted octanol–water partition coefficient (Wildman–Crippen LogP) is 2.23. The molecular formula is C30H32N2O10S. The number of phenolic OH excluding ortho intramolecular Hbond substituents is 1. The van der Waals surface area contributed by atoms with Crippen LogP contribution in [0.3, 0.4) is 0 Å². The number of ketones is 1. The summed E-state index contributed by atoms with van der Waals surface area (Å²) in [4.78, 5) is 42.0. The van der Waals surface area contributed by atoms with Crippen molar-refractivity contribution in [2.75, 3.05) is 33.3 Å². The number of methoxy groups -OCH3 is 1. The quantitative estimate of drug-likeness (QED) is 0.291. The average Bonchev–Trinajstić information content (AvgIpc) is 3.45. The van der Waals surface area contributed by atoms with E-state index in [4.69, 9.17) is 23.7 Å². The minimum absolute atomic E-state index is 0.0203. The van der Waals surface area contributed by atoms with Crippen molar-refractivity contribution in [1.82, 2.24) is 9.80 Å². The molecule has 5 aliphatic heterocycles. The summed E-state index contributed by atoms with van der Waals surface area (Å²) in [5.74, 6) is -0.882. The summed E-state index contributed by atoms with van der Waals surface area (Å²) in [5.41, 5.74) is 4.10. The summed E-state index contributed by atoms with van der Waals surface area (Å²) in [6.07, 6.45) is -0.582. The molecule has 0 radical (unpaired) electrons. The second kappa shape index (κ2) is 10.0. The monoisotopic (exact) mass is 612 g/mol. The van der Waals surface area contributed by atoms with Crippen LogP contribution in [0.4, 0.5) is 0 Å². The fourth-order valence-corrected chi connectivity index (χ4v) is 9.04. The van der Waals surface area contributed by atoms with Gasteiger partial charge in [-0.05, 0) is 38.4 Å². The molecule has 6 atom stereocenters. The van der Waals surface area contributed by atoms with Crippen LogP contribution in [0.25, 0.3) is 0 Å². The molecule has 0 aliphatic carbocycles. The van der Waals surface area contributed by atoms with Crippen molar-refractivity contribution in [3.05, 3.63) is 39.4 Å². The smallest absolute Gasteiger partial charge is 0.375 e. The number of fused-ring (bicyclic) bond motifs is 9. The number of phenols is 1. The van der Waals surface area contributed by atoms with Gasteiger partial charge in [0.2, 0.25) is 12.6 Å². The molecule has 43 heavy (non-hydrogen) atoms. The van der Waals surface area contributed by atoms with Crippen molar-refractivity contribution < 1.29 is 48.3 Å².